The molecule has 0 aliphatic carbocycles. The summed E-state index contributed by atoms with van der Waals surface area (Å²) in [5.74, 6) is 0. The van der Waals surface area contributed by atoms with Gasteiger partial charge in [-0.2, -0.15) is 4.72 Å². The number of nitrogens with one attached hydrogen (secondary N) is 1. The lowest BCUT2D eigenvalue weighted by atomic mass is 10.2. The first-order valence-corrected chi connectivity index (χ1v) is 7.93. The Hall–Kier alpha value is -0.950. The molecule has 5 nitrogen and oxygen atoms in total. The summed E-state index contributed by atoms with van der Waals surface area (Å²) in [6, 6.07) is 4.91. The van der Waals surface area contributed by atoms with Crippen molar-refractivity contribution < 1.29 is 18.0 Å². The predicted octanol–water partition coefficient (Wildman–Crippen LogP) is 1.95. The van der Waals surface area contributed by atoms with Gasteiger partial charge in [-0.15, -0.1) is 0 Å². The van der Waals surface area contributed by atoms with Gasteiger partial charge in [0.25, 0.3) is 0 Å². The Kier molecular flexibility index (Phi) is 6.13. The van der Waals surface area contributed by atoms with Crippen LogP contribution in [0.2, 0.25) is 0 Å². The molecule has 0 radical (unpaired) electrons. The highest BCUT2D eigenvalue weighted by atomic mass is 35.5. The number of aryl methyl sites for hydroxylation is 1. The van der Waals surface area contributed by atoms with Gasteiger partial charge in [-0.3, -0.25) is 9.59 Å². The third-order valence-electron chi connectivity index (χ3n) is 2.53. The number of halogens is 2. The predicted molar refractivity (Wildman–Crippen MR) is 76.2 cm³/mol. The van der Waals surface area contributed by atoms with Gasteiger partial charge >= 0.3 is 0 Å². The number of carbonyl (C=O) groups excluding carboxylic acids is 2. The summed E-state index contributed by atoms with van der Waals surface area (Å²) in [5, 5.41) is -1.55. The Morgan fingerprint density at radius 2 is 1.75 bits per heavy atom. The van der Waals surface area contributed by atoms with Crippen molar-refractivity contribution in [3.8, 4) is 0 Å². The van der Waals surface area contributed by atoms with Crippen LogP contribution in [0.25, 0.3) is 0 Å². The van der Waals surface area contributed by atoms with E-state index in [2.05, 4.69) is 4.72 Å². The van der Waals surface area contributed by atoms with Crippen molar-refractivity contribution in [3.05, 3.63) is 29.8 Å². The number of hydrogen-bond acceptors (Lipinski definition) is 4. The molecule has 0 saturated heterocycles. The first kappa shape index (κ1) is 17.1. The van der Waals surface area contributed by atoms with Crippen LogP contribution < -0.4 is 4.72 Å². The van der Waals surface area contributed by atoms with E-state index in [4.69, 9.17) is 23.2 Å². The van der Waals surface area contributed by atoms with Gasteiger partial charge in [0.05, 0.1) is 10.9 Å². The van der Waals surface area contributed by atoms with Crippen molar-refractivity contribution in [1.29, 1.82) is 0 Å². The van der Waals surface area contributed by atoms with E-state index in [1.54, 1.807) is 12.1 Å². The number of sulfonamides is 1. The van der Waals surface area contributed by atoms with Gasteiger partial charge in [-0.25, -0.2) is 8.42 Å². The zero-order chi connectivity index (χ0) is 15.3. The summed E-state index contributed by atoms with van der Waals surface area (Å²) in [6.45, 7) is 1.82. The fraction of sp³-hybridized carbons (Fsp3) is 0.333. The lowest BCUT2D eigenvalue weighted by Gasteiger charge is -2.14. The molecule has 1 atom stereocenters. The second-order valence-electron chi connectivity index (χ2n) is 4.18. The van der Waals surface area contributed by atoms with Crippen LogP contribution in [-0.4, -0.2) is 24.9 Å². The number of carbonyl (C=O) groups is 2. The van der Waals surface area contributed by atoms with E-state index >= 15 is 0 Å². The first-order chi connectivity index (χ1) is 9.22. The Morgan fingerprint density at radius 1 is 1.20 bits per heavy atom. The summed E-state index contributed by atoms with van der Waals surface area (Å²) in [5.41, 5.74) is 0.904. The second-order valence-corrected chi connectivity index (χ2v) is 6.69. The quantitative estimate of drug-likeness (QED) is 0.771. The summed E-state index contributed by atoms with van der Waals surface area (Å²) < 4.78 is 26.3. The average molecular weight is 338 g/mol. The van der Waals surface area contributed by atoms with Gasteiger partial charge in [0.15, 0.2) is 0 Å². The molecule has 0 heterocycles. The number of benzene rings is 1. The molecular weight excluding hydrogens is 325 g/mol. The first-order valence-electron chi connectivity index (χ1n) is 5.69. The molecule has 1 N–H and O–H groups in total. The van der Waals surface area contributed by atoms with E-state index in [-0.39, 0.29) is 17.7 Å². The normalized spacial score (nSPS) is 12.9. The van der Waals surface area contributed by atoms with Crippen LogP contribution >= 0.6 is 23.2 Å². The maximum atomic E-state index is 12.1. The second kappa shape index (κ2) is 7.17. The summed E-state index contributed by atoms with van der Waals surface area (Å²) in [4.78, 5) is 21.9. The highest BCUT2D eigenvalue weighted by Gasteiger charge is 2.24. The SMILES string of the molecule is Cc1ccc(S(=O)(=O)N[C@@H](CCC(=O)Cl)C(=O)Cl)cc1. The Morgan fingerprint density at radius 3 is 2.20 bits per heavy atom. The minimum absolute atomic E-state index is 0.0169. The van der Waals surface area contributed by atoms with Gasteiger partial charge < -0.3 is 0 Å². The van der Waals surface area contributed by atoms with Crippen molar-refractivity contribution in [2.75, 3.05) is 0 Å². The smallest absolute Gasteiger partial charge is 0.241 e. The van der Waals surface area contributed by atoms with E-state index in [0.29, 0.717) is 0 Å². The third kappa shape index (κ3) is 5.20. The maximum Gasteiger partial charge on any atom is 0.241 e. The molecule has 0 amide bonds. The van der Waals surface area contributed by atoms with Gasteiger partial charge in [-0.1, -0.05) is 17.7 Å². The summed E-state index contributed by atoms with van der Waals surface area (Å²) in [7, 11) is -3.88. The summed E-state index contributed by atoms with van der Waals surface area (Å²) >= 11 is 10.5. The molecule has 0 saturated carbocycles. The van der Waals surface area contributed by atoms with Crippen molar-refractivity contribution in [2.45, 2.75) is 30.7 Å². The topological polar surface area (TPSA) is 80.3 Å². The van der Waals surface area contributed by atoms with Crippen LogP contribution in [-0.2, 0) is 19.6 Å². The highest BCUT2D eigenvalue weighted by molar-refractivity contribution is 7.89. The summed E-state index contributed by atoms with van der Waals surface area (Å²) in [6.07, 6.45) is -0.239. The zero-order valence-corrected chi connectivity index (χ0v) is 12.9. The van der Waals surface area contributed by atoms with E-state index in [1.165, 1.54) is 12.1 Å². The molecule has 110 valence electrons. The van der Waals surface area contributed by atoms with Gasteiger partial charge in [-0.05, 0) is 48.7 Å². The fourth-order valence-electron chi connectivity index (χ4n) is 1.45. The minimum atomic E-state index is -3.88. The standard InChI is InChI=1S/C12H13Cl2NO4S/c1-8-2-4-9(5-3-8)20(18,19)15-10(12(14)17)6-7-11(13)16/h2-5,10,15H,6-7H2,1H3/t10-/m0/s1. The molecule has 0 aliphatic rings. The lowest BCUT2D eigenvalue weighted by Crippen LogP contribution is -2.39. The van der Waals surface area contributed by atoms with E-state index in [1.807, 2.05) is 6.92 Å². The van der Waals surface area contributed by atoms with Crippen LogP contribution in [0.3, 0.4) is 0 Å². The minimum Gasteiger partial charge on any atom is -0.281 e. The molecule has 1 aromatic carbocycles. The maximum absolute atomic E-state index is 12.1. The monoisotopic (exact) mass is 337 g/mol. The van der Waals surface area contributed by atoms with Crippen LogP contribution in [0.4, 0.5) is 0 Å². The molecule has 0 spiro atoms. The molecule has 20 heavy (non-hydrogen) atoms. The van der Waals surface area contributed by atoms with Crippen LogP contribution in [0, 0.1) is 6.92 Å². The number of hydrogen-bond donors (Lipinski definition) is 1. The van der Waals surface area contributed by atoms with Crippen LogP contribution in [0.1, 0.15) is 18.4 Å². The van der Waals surface area contributed by atoms with Crippen molar-refractivity contribution >= 4 is 43.7 Å². The van der Waals surface area contributed by atoms with E-state index in [9.17, 15) is 18.0 Å². The molecular formula is C12H13Cl2NO4S. The molecule has 8 heteroatoms. The van der Waals surface area contributed by atoms with Crippen molar-refractivity contribution in [1.82, 2.24) is 4.72 Å². The molecule has 1 rings (SSSR count). The van der Waals surface area contributed by atoms with Crippen molar-refractivity contribution in [2.24, 2.45) is 0 Å². The average Bonchev–Trinajstić information content (AvgIpc) is 2.34. The highest BCUT2D eigenvalue weighted by Crippen LogP contribution is 2.13. The molecule has 0 aromatic heterocycles. The third-order valence-corrected chi connectivity index (χ3v) is 4.47. The molecule has 0 unspecified atom stereocenters. The number of rotatable bonds is 7. The van der Waals surface area contributed by atoms with E-state index in [0.717, 1.165) is 5.56 Å². The Labute approximate surface area is 127 Å². The lowest BCUT2D eigenvalue weighted by molar-refractivity contribution is -0.114. The van der Waals surface area contributed by atoms with Crippen molar-refractivity contribution in [3.63, 3.8) is 0 Å². The molecule has 0 bridgehead atoms. The molecule has 0 aliphatic heterocycles. The van der Waals surface area contributed by atoms with Crippen LogP contribution in [0.5, 0.6) is 0 Å². The van der Waals surface area contributed by atoms with E-state index < -0.39 is 26.5 Å². The van der Waals surface area contributed by atoms with Gasteiger partial charge in [0, 0.05) is 6.42 Å². The fourth-order valence-corrected chi connectivity index (χ4v) is 3.02. The molecule has 1 aromatic rings. The Balaban J connectivity index is 2.88. The van der Waals surface area contributed by atoms with Gasteiger partial charge in [0.2, 0.25) is 20.5 Å². The van der Waals surface area contributed by atoms with Crippen LogP contribution in [0.15, 0.2) is 29.2 Å². The largest absolute Gasteiger partial charge is 0.281 e. The van der Waals surface area contributed by atoms with Gasteiger partial charge in [0.1, 0.15) is 0 Å². The Bertz CT molecular complexity index is 598. The zero-order valence-electron chi connectivity index (χ0n) is 10.6. The molecule has 0 fully saturated rings.